The molecule has 2 N–H and O–H groups in total. The molecule has 12 heavy (non-hydrogen) atoms. The van der Waals surface area contributed by atoms with E-state index in [1.807, 2.05) is 6.92 Å². The van der Waals surface area contributed by atoms with Crippen LogP contribution in [0.5, 0.6) is 0 Å². The van der Waals surface area contributed by atoms with Crippen LogP contribution in [0, 0.1) is 11.8 Å². The van der Waals surface area contributed by atoms with Gasteiger partial charge in [-0.2, -0.15) is 0 Å². The molecule has 0 amide bonds. The van der Waals surface area contributed by atoms with Crippen LogP contribution in [0.15, 0.2) is 4.99 Å². The van der Waals surface area contributed by atoms with E-state index in [0.717, 1.165) is 24.2 Å². The van der Waals surface area contributed by atoms with Crippen molar-refractivity contribution < 1.29 is 0 Å². The first-order valence-corrected chi connectivity index (χ1v) is 4.95. The van der Waals surface area contributed by atoms with Crippen LogP contribution in [-0.2, 0) is 0 Å². The van der Waals surface area contributed by atoms with Gasteiger partial charge in [0.15, 0.2) is 0 Å². The fourth-order valence-electron chi connectivity index (χ4n) is 2.00. The number of amidine groups is 1. The van der Waals surface area contributed by atoms with Crippen molar-refractivity contribution in [1.29, 1.82) is 0 Å². The molecule has 0 radical (unpaired) electrons. The van der Waals surface area contributed by atoms with Crippen molar-refractivity contribution in [1.82, 2.24) is 0 Å². The fourth-order valence-corrected chi connectivity index (χ4v) is 2.00. The Balaban J connectivity index is 2.27. The van der Waals surface area contributed by atoms with Crippen LogP contribution in [0.3, 0.4) is 0 Å². The quantitative estimate of drug-likeness (QED) is 0.498. The molecule has 70 valence electrons. The lowest BCUT2D eigenvalue weighted by atomic mass is 9.82. The molecule has 1 aliphatic rings. The van der Waals surface area contributed by atoms with E-state index in [1.54, 1.807) is 0 Å². The normalized spacial score (nSPS) is 32.0. The maximum Gasteiger partial charge on any atom is 0.0905 e. The summed E-state index contributed by atoms with van der Waals surface area (Å²) in [5.41, 5.74) is 5.49. The average molecular weight is 168 g/mol. The van der Waals surface area contributed by atoms with Gasteiger partial charge >= 0.3 is 0 Å². The minimum Gasteiger partial charge on any atom is -0.388 e. The van der Waals surface area contributed by atoms with Gasteiger partial charge in [-0.15, -0.1) is 0 Å². The van der Waals surface area contributed by atoms with Crippen molar-refractivity contribution in [2.75, 3.05) is 6.54 Å². The van der Waals surface area contributed by atoms with E-state index >= 15 is 0 Å². The van der Waals surface area contributed by atoms with E-state index in [-0.39, 0.29) is 0 Å². The van der Waals surface area contributed by atoms with Crippen molar-refractivity contribution in [2.45, 2.75) is 39.5 Å². The van der Waals surface area contributed by atoms with Crippen molar-refractivity contribution in [3.8, 4) is 0 Å². The second-order valence-corrected chi connectivity index (χ2v) is 4.12. The summed E-state index contributed by atoms with van der Waals surface area (Å²) >= 11 is 0. The third-order valence-corrected chi connectivity index (χ3v) is 2.64. The summed E-state index contributed by atoms with van der Waals surface area (Å²) in [6.07, 6.45) is 5.48. The smallest absolute Gasteiger partial charge is 0.0905 e. The topological polar surface area (TPSA) is 38.4 Å². The third-order valence-electron chi connectivity index (χ3n) is 2.64. The molecule has 0 aliphatic heterocycles. The Morgan fingerprint density at radius 1 is 1.50 bits per heavy atom. The molecule has 0 saturated heterocycles. The summed E-state index contributed by atoms with van der Waals surface area (Å²) in [7, 11) is 0. The van der Waals surface area contributed by atoms with Crippen LogP contribution in [0.2, 0.25) is 0 Å². The summed E-state index contributed by atoms with van der Waals surface area (Å²) < 4.78 is 0. The second kappa shape index (κ2) is 4.48. The van der Waals surface area contributed by atoms with Crippen LogP contribution in [0.4, 0.5) is 0 Å². The predicted molar refractivity (Wildman–Crippen MR) is 53.3 cm³/mol. The number of aliphatic imine (C=N–C) groups is 1. The number of hydrogen-bond acceptors (Lipinski definition) is 1. The van der Waals surface area contributed by atoms with Crippen LogP contribution in [0.25, 0.3) is 0 Å². The molecule has 1 rings (SSSR count). The van der Waals surface area contributed by atoms with E-state index in [0.29, 0.717) is 0 Å². The maximum absolute atomic E-state index is 5.49. The molecule has 1 saturated carbocycles. The molecular formula is C10H20N2. The van der Waals surface area contributed by atoms with E-state index in [2.05, 4.69) is 11.9 Å². The Bertz CT molecular complexity index is 159. The summed E-state index contributed by atoms with van der Waals surface area (Å²) in [4.78, 5) is 4.28. The van der Waals surface area contributed by atoms with Crippen LogP contribution < -0.4 is 5.73 Å². The first-order valence-electron chi connectivity index (χ1n) is 4.95. The number of nitrogens with two attached hydrogens (primary N) is 1. The van der Waals surface area contributed by atoms with E-state index in [1.165, 1.54) is 25.7 Å². The van der Waals surface area contributed by atoms with Gasteiger partial charge in [0, 0.05) is 6.54 Å². The van der Waals surface area contributed by atoms with Gasteiger partial charge in [0.05, 0.1) is 5.84 Å². The van der Waals surface area contributed by atoms with Crippen LogP contribution in [-0.4, -0.2) is 12.4 Å². The number of hydrogen-bond donors (Lipinski definition) is 1. The Kier molecular flexibility index (Phi) is 3.57. The predicted octanol–water partition coefficient (Wildman–Crippen LogP) is 2.19. The van der Waals surface area contributed by atoms with Gasteiger partial charge in [-0.05, 0) is 31.6 Å². The summed E-state index contributed by atoms with van der Waals surface area (Å²) in [6.45, 7) is 5.16. The third kappa shape index (κ3) is 3.24. The SMILES string of the molecule is CC(N)=NCC1CCCC(C)C1. The lowest BCUT2D eigenvalue weighted by Gasteiger charge is -2.25. The van der Waals surface area contributed by atoms with Gasteiger partial charge in [0.1, 0.15) is 0 Å². The molecule has 1 fully saturated rings. The van der Waals surface area contributed by atoms with Gasteiger partial charge in [-0.1, -0.05) is 19.8 Å². The maximum atomic E-state index is 5.49. The lowest BCUT2D eigenvalue weighted by Crippen LogP contribution is -2.17. The van der Waals surface area contributed by atoms with Gasteiger partial charge in [-0.3, -0.25) is 4.99 Å². The molecule has 0 aromatic carbocycles. The molecule has 2 atom stereocenters. The van der Waals surface area contributed by atoms with E-state index in [4.69, 9.17) is 5.73 Å². The molecule has 0 aromatic heterocycles. The molecule has 2 nitrogen and oxygen atoms in total. The zero-order valence-electron chi connectivity index (χ0n) is 8.21. The number of rotatable bonds is 2. The molecule has 0 heterocycles. The van der Waals surface area contributed by atoms with Crippen molar-refractivity contribution in [2.24, 2.45) is 22.6 Å². The zero-order chi connectivity index (χ0) is 8.97. The molecule has 0 aromatic rings. The van der Waals surface area contributed by atoms with Gasteiger partial charge in [-0.25, -0.2) is 0 Å². The molecule has 0 spiro atoms. The average Bonchev–Trinajstić information content (AvgIpc) is 2.01. The molecule has 1 aliphatic carbocycles. The minimum atomic E-state index is 0.730. The lowest BCUT2D eigenvalue weighted by molar-refractivity contribution is 0.289. The first kappa shape index (κ1) is 9.56. The first-order chi connectivity index (χ1) is 5.68. The standard InChI is InChI=1S/C10H20N2/c1-8-4-3-5-10(6-8)7-12-9(2)11/h8,10H,3-7H2,1-2H3,(H2,11,12). The zero-order valence-corrected chi connectivity index (χ0v) is 8.21. The Hall–Kier alpha value is -0.530. The van der Waals surface area contributed by atoms with Crippen molar-refractivity contribution in [3.05, 3.63) is 0 Å². The minimum absolute atomic E-state index is 0.730. The van der Waals surface area contributed by atoms with Crippen LogP contribution >= 0.6 is 0 Å². The van der Waals surface area contributed by atoms with Gasteiger partial charge in [0.25, 0.3) is 0 Å². The van der Waals surface area contributed by atoms with Crippen molar-refractivity contribution in [3.63, 3.8) is 0 Å². The highest BCUT2D eigenvalue weighted by molar-refractivity contribution is 5.77. The molecular weight excluding hydrogens is 148 g/mol. The van der Waals surface area contributed by atoms with E-state index < -0.39 is 0 Å². The Morgan fingerprint density at radius 3 is 2.83 bits per heavy atom. The largest absolute Gasteiger partial charge is 0.388 e. The fraction of sp³-hybridized carbons (Fsp3) is 0.900. The van der Waals surface area contributed by atoms with Gasteiger partial charge in [0.2, 0.25) is 0 Å². The molecule has 2 unspecified atom stereocenters. The summed E-state index contributed by atoms with van der Waals surface area (Å²) in [5.74, 6) is 2.43. The van der Waals surface area contributed by atoms with Crippen LogP contribution in [0.1, 0.15) is 39.5 Å². The number of nitrogens with zero attached hydrogens (tertiary/aromatic N) is 1. The van der Waals surface area contributed by atoms with Crippen molar-refractivity contribution >= 4 is 5.84 Å². The second-order valence-electron chi connectivity index (χ2n) is 4.12. The highest BCUT2D eigenvalue weighted by Crippen LogP contribution is 2.28. The molecule has 0 bridgehead atoms. The Morgan fingerprint density at radius 2 is 2.25 bits per heavy atom. The summed E-state index contributed by atoms with van der Waals surface area (Å²) in [5, 5.41) is 0. The van der Waals surface area contributed by atoms with E-state index in [9.17, 15) is 0 Å². The van der Waals surface area contributed by atoms with Gasteiger partial charge < -0.3 is 5.73 Å². The summed E-state index contributed by atoms with van der Waals surface area (Å²) in [6, 6.07) is 0. The highest BCUT2D eigenvalue weighted by atomic mass is 14.8. The Labute approximate surface area is 75.3 Å². The monoisotopic (exact) mass is 168 g/mol. The highest BCUT2D eigenvalue weighted by Gasteiger charge is 2.17. The molecule has 2 heteroatoms.